The normalized spacial score (nSPS) is 10.8. The van der Waals surface area contributed by atoms with Crippen molar-refractivity contribution in [2.75, 3.05) is 12.4 Å². The first-order valence-corrected chi connectivity index (χ1v) is 8.08. The first-order valence-electron chi connectivity index (χ1n) is 8.08. The molecule has 0 saturated carbocycles. The maximum absolute atomic E-state index is 12.4. The number of nitrogens with one attached hydrogen (secondary N) is 2. The number of ether oxygens (including phenoxy) is 1. The highest BCUT2D eigenvalue weighted by molar-refractivity contribution is 6.04. The van der Waals surface area contributed by atoms with Crippen LogP contribution in [0.2, 0.25) is 0 Å². The van der Waals surface area contributed by atoms with Gasteiger partial charge >= 0.3 is 0 Å². The molecule has 4 aromatic rings. The molecule has 0 aliphatic heterocycles. The van der Waals surface area contributed by atoms with E-state index in [-0.39, 0.29) is 5.91 Å². The lowest BCUT2D eigenvalue weighted by atomic mass is 10.0. The number of methoxy groups -OCH3 is 1. The van der Waals surface area contributed by atoms with Gasteiger partial charge in [-0.15, -0.1) is 0 Å². The third-order valence-electron chi connectivity index (χ3n) is 4.11. The molecule has 0 saturated heterocycles. The number of H-pyrrole nitrogens is 1. The zero-order valence-corrected chi connectivity index (χ0v) is 14.4. The second-order valence-electron chi connectivity index (χ2n) is 5.85. The van der Waals surface area contributed by atoms with Gasteiger partial charge in [-0.05, 0) is 17.7 Å². The Bertz CT molecular complexity index is 1080. The molecule has 0 unspecified atom stereocenters. The molecule has 2 aromatic carbocycles. The largest absolute Gasteiger partial charge is 0.494 e. The lowest BCUT2D eigenvalue weighted by Crippen LogP contribution is -2.12. The van der Waals surface area contributed by atoms with Crippen molar-refractivity contribution < 1.29 is 9.53 Å². The van der Waals surface area contributed by atoms with E-state index < -0.39 is 0 Å². The molecule has 7 heteroatoms. The van der Waals surface area contributed by atoms with Gasteiger partial charge in [-0.1, -0.05) is 30.3 Å². The van der Waals surface area contributed by atoms with Crippen LogP contribution >= 0.6 is 0 Å². The third kappa shape index (κ3) is 2.79. The van der Waals surface area contributed by atoms with Gasteiger partial charge in [0.1, 0.15) is 16.8 Å². The average Bonchev–Trinajstić information content (AvgIpc) is 3.27. The second kappa shape index (κ2) is 6.36. The quantitative estimate of drug-likeness (QED) is 0.593. The highest BCUT2D eigenvalue weighted by atomic mass is 16.5. The monoisotopic (exact) mass is 347 g/mol. The van der Waals surface area contributed by atoms with E-state index in [4.69, 9.17) is 4.74 Å². The number of benzene rings is 2. The van der Waals surface area contributed by atoms with Crippen molar-refractivity contribution in [2.45, 2.75) is 0 Å². The Kier molecular flexibility index (Phi) is 3.89. The van der Waals surface area contributed by atoms with Crippen molar-refractivity contribution in [3.63, 3.8) is 0 Å². The molecular weight excluding hydrogens is 330 g/mol. The number of aryl methyl sites for hydroxylation is 1. The van der Waals surface area contributed by atoms with E-state index in [0.717, 1.165) is 22.2 Å². The lowest BCUT2D eigenvalue weighted by Gasteiger charge is -2.05. The van der Waals surface area contributed by atoms with Crippen LogP contribution in [0.5, 0.6) is 5.75 Å². The van der Waals surface area contributed by atoms with Crippen LogP contribution in [-0.2, 0) is 7.05 Å². The van der Waals surface area contributed by atoms with Crippen molar-refractivity contribution in [3.05, 3.63) is 60.4 Å². The molecule has 2 N–H and O–H groups in total. The van der Waals surface area contributed by atoms with Crippen LogP contribution in [0, 0.1) is 0 Å². The van der Waals surface area contributed by atoms with E-state index >= 15 is 0 Å². The van der Waals surface area contributed by atoms with Crippen molar-refractivity contribution in [1.82, 2.24) is 19.7 Å². The summed E-state index contributed by atoms with van der Waals surface area (Å²) in [6.07, 6.45) is 3.15. The Labute approximate surface area is 149 Å². The van der Waals surface area contributed by atoms with Gasteiger partial charge in [-0.2, -0.15) is 5.10 Å². The number of nitrogens with zero attached hydrogens (tertiary/aromatic N) is 3. The maximum Gasteiger partial charge on any atom is 0.261 e. The number of aromatic amines is 1. The number of amides is 1. The fourth-order valence-corrected chi connectivity index (χ4v) is 2.87. The Morgan fingerprint density at radius 2 is 2.00 bits per heavy atom. The molecule has 4 rings (SSSR count). The molecule has 2 heterocycles. The van der Waals surface area contributed by atoms with Gasteiger partial charge in [0.25, 0.3) is 5.91 Å². The smallest absolute Gasteiger partial charge is 0.261 e. The fourth-order valence-electron chi connectivity index (χ4n) is 2.87. The summed E-state index contributed by atoms with van der Waals surface area (Å²) in [6.45, 7) is 0. The van der Waals surface area contributed by atoms with E-state index in [1.165, 1.54) is 6.20 Å². The first kappa shape index (κ1) is 15.9. The Balaban J connectivity index is 1.76. The van der Waals surface area contributed by atoms with Gasteiger partial charge in [0, 0.05) is 18.8 Å². The Morgan fingerprint density at radius 1 is 1.19 bits per heavy atom. The zero-order valence-electron chi connectivity index (χ0n) is 14.4. The first-order chi connectivity index (χ1) is 12.7. The number of hydrogen-bond donors (Lipinski definition) is 2. The minimum Gasteiger partial charge on any atom is -0.494 e. The van der Waals surface area contributed by atoms with Gasteiger partial charge in [0.2, 0.25) is 5.95 Å². The number of rotatable bonds is 4. The second-order valence-corrected chi connectivity index (χ2v) is 5.85. The number of carbonyl (C=O) groups is 1. The molecule has 0 spiro atoms. The van der Waals surface area contributed by atoms with Gasteiger partial charge in [-0.25, -0.2) is 4.98 Å². The summed E-state index contributed by atoms with van der Waals surface area (Å²) in [6, 6.07) is 13.8. The molecule has 0 radical (unpaired) electrons. The Hall–Kier alpha value is -3.61. The SMILES string of the molecule is COc1ccc(-c2ccccc2)c2nc(NC(=O)c3cnn(C)c3)[nH]c12. The highest BCUT2D eigenvalue weighted by Gasteiger charge is 2.16. The summed E-state index contributed by atoms with van der Waals surface area (Å²) in [5.41, 5.74) is 3.92. The molecule has 2 aromatic heterocycles. The molecule has 26 heavy (non-hydrogen) atoms. The summed E-state index contributed by atoms with van der Waals surface area (Å²) in [5, 5.41) is 6.78. The number of imidazole rings is 1. The van der Waals surface area contributed by atoms with Crippen LogP contribution in [0.15, 0.2) is 54.9 Å². The predicted molar refractivity (Wildman–Crippen MR) is 99.2 cm³/mol. The lowest BCUT2D eigenvalue weighted by molar-refractivity contribution is 0.102. The molecule has 0 fully saturated rings. The number of hydrogen-bond acceptors (Lipinski definition) is 4. The van der Waals surface area contributed by atoms with E-state index in [1.54, 1.807) is 25.0 Å². The van der Waals surface area contributed by atoms with Crippen LogP contribution in [-0.4, -0.2) is 32.8 Å². The van der Waals surface area contributed by atoms with E-state index in [1.807, 2.05) is 42.5 Å². The molecule has 0 aliphatic rings. The van der Waals surface area contributed by atoms with Crippen molar-refractivity contribution in [2.24, 2.45) is 7.05 Å². The van der Waals surface area contributed by atoms with Crippen LogP contribution in [0.1, 0.15) is 10.4 Å². The van der Waals surface area contributed by atoms with Crippen molar-refractivity contribution >= 4 is 22.9 Å². The highest BCUT2D eigenvalue weighted by Crippen LogP contribution is 2.33. The van der Waals surface area contributed by atoms with Crippen LogP contribution < -0.4 is 10.1 Å². The molecular formula is C19H17N5O2. The summed E-state index contributed by atoms with van der Waals surface area (Å²) in [7, 11) is 3.36. The van der Waals surface area contributed by atoms with Crippen molar-refractivity contribution in [3.8, 4) is 16.9 Å². The molecule has 130 valence electrons. The molecule has 0 aliphatic carbocycles. The topological polar surface area (TPSA) is 84.8 Å². The van der Waals surface area contributed by atoms with Crippen LogP contribution in [0.4, 0.5) is 5.95 Å². The fraction of sp³-hybridized carbons (Fsp3) is 0.105. The third-order valence-corrected chi connectivity index (χ3v) is 4.11. The van der Waals surface area contributed by atoms with Gasteiger partial charge in [0.05, 0.1) is 18.9 Å². The molecule has 1 amide bonds. The number of fused-ring (bicyclic) bond motifs is 1. The minimum atomic E-state index is -0.280. The molecule has 0 bridgehead atoms. The van der Waals surface area contributed by atoms with Gasteiger partial charge in [0.15, 0.2) is 0 Å². The predicted octanol–water partition coefficient (Wildman–Crippen LogP) is 3.22. The van der Waals surface area contributed by atoms with Gasteiger partial charge < -0.3 is 9.72 Å². The molecule has 7 nitrogen and oxygen atoms in total. The standard InChI is InChI=1S/C19H17N5O2/c1-24-11-13(10-20-24)18(25)23-19-21-16-14(12-6-4-3-5-7-12)8-9-15(26-2)17(16)22-19/h3-11H,1-2H3,(H2,21,22,23,25). The Morgan fingerprint density at radius 3 is 2.69 bits per heavy atom. The molecule has 0 atom stereocenters. The van der Waals surface area contributed by atoms with E-state index in [0.29, 0.717) is 17.3 Å². The maximum atomic E-state index is 12.4. The van der Waals surface area contributed by atoms with E-state index in [9.17, 15) is 4.79 Å². The zero-order chi connectivity index (χ0) is 18.1. The average molecular weight is 347 g/mol. The van der Waals surface area contributed by atoms with E-state index in [2.05, 4.69) is 20.4 Å². The number of aromatic nitrogens is 4. The summed E-state index contributed by atoms with van der Waals surface area (Å²) >= 11 is 0. The summed E-state index contributed by atoms with van der Waals surface area (Å²) < 4.78 is 7.00. The summed E-state index contributed by atoms with van der Waals surface area (Å²) in [4.78, 5) is 20.1. The minimum absolute atomic E-state index is 0.280. The van der Waals surface area contributed by atoms with Gasteiger partial charge in [-0.3, -0.25) is 14.8 Å². The van der Waals surface area contributed by atoms with Crippen LogP contribution in [0.25, 0.3) is 22.2 Å². The van der Waals surface area contributed by atoms with Crippen molar-refractivity contribution in [1.29, 1.82) is 0 Å². The number of carbonyl (C=O) groups excluding carboxylic acids is 1. The summed E-state index contributed by atoms with van der Waals surface area (Å²) in [5.74, 6) is 0.738. The number of anilines is 1. The van der Waals surface area contributed by atoms with Crippen LogP contribution in [0.3, 0.4) is 0 Å².